The number of hydrogen-bond acceptors (Lipinski definition) is 6. The molecule has 0 aliphatic rings. The molecule has 1 aromatic carbocycles. The highest BCUT2D eigenvalue weighted by molar-refractivity contribution is 5.92. The predicted octanol–water partition coefficient (Wildman–Crippen LogP) is 1.85. The van der Waals surface area contributed by atoms with Crippen molar-refractivity contribution < 1.29 is 14.3 Å². The topological polar surface area (TPSA) is 90.2 Å². The summed E-state index contributed by atoms with van der Waals surface area (Å²) in [7, 11) is 0. The Kier molecular flexibility index (Phi) is 5.84. The predicted molar refractivity (Wildman–Crippen MR) is 91.1 cm³/mol. The standard InChI is InChI=1S/C17H23N5O3/c1-11(2)22(12(3)4)16(23)13(5)25-17(24)14-6-8-15(9-7-14)21-10-18-19-20-21/h6-13H,1-5H3/t13-/m0/s1. The van der Waals surface area contributed by atoms with E-state index >= 15 is 0 Å². The highest BCUT2D eigenvalue weighted by Crippen LogP contribution is 2.13. The Morgan fingerprint density at radius 2 is 1.64 bits per heavy atom. The summed E-state index contributed by atoms with van der Waals surface area (Å²) in [5, 5.41) is 10.9. The highest BCUT2D eigenvalue weighted by atomic mass is 16.5. The minimum absolute atomic E-state index is 0.0317. The quantitative estimate of drug-likeness (QED) is 0.742. The zero-order valence-electron chi connectivity index (χ0n) is 15.1. The maximum atomic E-state index is 12.5. The van der Waals surface area contributed by atoms with Gasteiger partial charge in [0.05, 0.1) is 11.3 Å². The summed E-state index contributed by atoms with van der Waals surface area (Å²) >= 11 is 0. The summed E-state index contributed by atoms with van der Waals surface area (Å²) in [4.78, 5) is 26.5. The second-order valence-corrected chi connectivity index (χ2v) is 6.28. The molecule has 2 aromatic rings. The number of esters is 1. The molecule has 0 spiro atoms. The van der Waals surface area contributed by atoms with Crippen LogP contribution in [0.1, 0.15) is 45.0 Å². The first-order chi connectivity index (χ1) is 11.8. The van der Waals surface area contributed by atoms with E-state index in [9.17, 15) is 9.59 Å². The molecule has 0 aliphatic heterocycles. The van der Waals surface area contributed by atoms with E-state index in [1.165, 1.54) is 11.0 Å². The number of aromatic nitrogens is 4. The third-order valence-corrected chi connectivity index (χ3v) is 3.72. The van der Waals surface area contributed by atoms with Gasteiger partial charge in [0.2, 0.25) is 0 Å². The zero-order valence-corrected chi connectivity index (χ0v) is 15.1. The fourth-order valence-electron chi connectivity index (χ4n) is 2.62. The van der Waals surface area contributed by atoms with Crippen molar-refractivity contribution in [2.24, 2.45) is 0 Å². The molecule has 134 valence electrons. The first-order valence-corrected chi connectivity index (χ1v) is 8.17. The van der Waals surface area contributed by atoms with E-state index in [1.807, 2.05) is 27.7 Å². The number of carbonyl (C=O) groups is 2. The molecule has 0 unspecified atom stereocenters. The van der Waals surface area contributed by atoms with Crippen LogP contribution in [0.15, 0.2) is 30.6 Å². The molecule has 0 bridgehead atoms. The molecular formula is C17H23N5O3. The SMILES string of the molecule is CC(C)N(C(=O)[C@H](C)OC(=O)c1ccc(-n2cnnn2)cc1)C(C)C. The van der Waals surface area contributed by atoms with Gasteiger partial charge in [-0.25, -0.2) is 9.48 Å². The van der Waals surface area contributed by atoms with Crippen LogP contribution in [0.3, 0.4) is 0 Å². The van der Waals surface area contributed by atoms with Crippen LogP contribution in [-0.2, 0) is 9.53 Å². The largest absolute Gasteiger partial charge is 0.449 e. The minimum Gasteiger partial charge on any atom is -0.449 e. The fraction of sp³-hybridized carbons (Fsp3) is 0.471. The fourth-order valence-corrected chi connectivity index (χ4v) is 2.62. The van der Waals surface area contributed by atoms with Gasteiger partial charge < -0.3 is 9.64 Å². The van der Waals surface area contributed by atoms with Gasteiger partial charge in [-0.15, -0.1) is 5.10 Å². The van der Waals surface area contributed by atoms with E-state index in [1.54, 1.807) is 36.1 Å². The lowest BCUT2D eigenvalue weighted by atomic mass is 10.2. The molecule has 0 saturated carbocycles. The Bertz CT molecular complexity index is 702. The van der Waals surface area contributed by atoms with Gasteiger partial charge >= 0.3 is 5.97 Å². The van der Waals surface area contributed by atoms with Crippen molar-refractivity contribution in [3.05, 3.63) is 36.2 Å². The van der Waals surface area contributed by atoms with Crippen LogP contribution >= 0.6 is 0 Å². The number of amides is 1. The zero-order chi connectivity index (χ0) is 18.6. The Morgan fingerprint density at radius 1 is 1.04 bits per heavy atom. The Labute approximate surface area is 146 Å². The molecule has 25 heavy (non-hydrogen) atoms. The number of nitrogens with zero attached hydrogens (tertiary/aromatic N) is 5. The van der Waals surface area contributed by atoms with E-state index in [-0.39, 0.29) is 18.0 Å². The van der Waals surface area contributed by atoms with E-state index in [0.29, 0.717) is 5.56 Å². The van der Waals surface area contributed by atoms with Gasteiger partial charge in [0.25, 0.3) is 5.91 Å². The van der Waals surface area contributed by atoms with Crippen molar-refractivity contribution in [2.75, 3.05) is 0 Å². The minimum atomic E-state index is -0.850. The first-order valence-electron chi connectivity index (χ1n) is 8.17. The average molecular weight is 345 g/mol. The molecule has 0 radical (unpaired) electrons. The average Bonchev–Trinajstić information content (AvgIpc) is 3.08. The summed E-state index contributed by atoms with van der Waals surface area (Å²) in [5.41, 5.74) is 1.08. The summed E-state index contributed by atoms with van der Waals surface area (Å²) in [6, 6.07) is 6.69. The molecule has 8 nitrogen and oxygen atoms in total. The molecule has 1 aromatic heterocycles. The van der Waals surface area contributed by atoms with Gasteiger partial charge in [-0.1, -0.05) is 0 Å². The molecule has 1 atom stereocenters. The van der Waals surface area contributed by atoms with Crippen LogP contribution in [0.25, 0.3) is 5.69 Å². The summed E-state index contributed by atoms with van der Waals surface area (Å²) in [6.45, 7) is 9.33. The maximum Gasteiger partial charge on any atom is 0.338 e. The van der Waals surface area contributed by atoms with Crippen molar-refractivity contribution >= 4 is 11.9 Å². The van der Waals surface area contributed by atoms with Crippen LogP contribution in [0, 0.1) is 0 Å². The molecular weight excluding hydrogens is 322 g/mol. The molecule has 8 heteroatoms. The van der Waals surface area contributed by atoms with E-state index < -0.39 is 12.1 Å². The van der Waals surface area contributed by atoms with Crippen molar-refractivity contribution in [1.29, 1.82) is 0 Å². The smallest absolute Gasteiger partial charge is 0.338 e. The summed E-state index contributed by atoms with van der Waals surface area (Å²) < 4.78 is 6.81. The second kappa shape index (κ2) is 7.87. The van der Waals surface area contributed by atoms with Gasteiger partial charge in [0, 0.05) is 12.1 Å². The third kappa shape index (κ3) is 4.40. The van der Waals surface area contributed by atoms with Gasteiger partial charge in [-0.3, -0.25) is 4.79 Å². The lowest BCUT2D eigenvalue weighted by molar-refractivity contribution is -0.143. The van der Waals surface area contributed by atoms with Gasteiger partial charge in [0.1, 0.15) is 6.33 Å². The van der Waals surface area contributed by atoms with Crippen molar-refractivity contribution in [1.82, 2.24) is 25.1 Å². The van der Waals surface area contributed by atoms with Crippen LogP contribution in [0.5, 0.6) is 0 Å². The number of ether oxygens (including phenoxy) is 1. The van der Waals surface area contributed by atoms with E-state index in [4.69, 9.17) is 4.74 Å². The lowest BCUT2D eigenvalue weighted by Gasteiger charge is -2.32. The number of hydrogen-bond donors (Lipinski definition) is 0. The molecule has 1 heterocycles. The molecule has 0 N–H and O–H groups in total. The molecule has 0 saturated heterocycles. The van der Waals surface area contributed by atoms with Gasteiger partial charge in [-0.05, 0) is 69.3 Å². The van der Waals surface area contributed by atoms with Crippen LogP contribution in [0.2, 0.25) is 0 Å². The van der Waals surface area contributed by atoms with Crippen molar-refractivity contribution in [3.63, 3.8) is 0 Å². The second-order valence-electron chi connectivity index (χ2n) is 6.28. The summed E-state index contributed by atoms with van der Waals surface area (Å²) in [6.07, 6.45) is 0.608. The maximum absolute atomic E-state index is 12.5. The molecule has 1 amide bonds. The van der Waals surface area contributed by atoms with E-state index in [0.717, 1.165) is 5.69 Å². The van der Waals surface area contributed by atoms with Crippen LogP contribution in [-0.4, -0.2) is 55.2 Å². The molecule has 2 rings (SSSR count). The van der Waals surface area contributed by atoms with Gasteiger partial charge in [-0.2, -0.15) is 0 Å². The van der Waals surface area contributed by atoms with Gasteiger partial charge in [0.15, 0.2) is 6.10 Å². The van der Waals surface area contributed by atoms with E-state index in [2.05, 4.69) is 15.5 Å². The number of rotatable bonds is 6. The first kappa shape index (κ1) is 18.6. The number of carbonyl (C=O) groups excluding carboxylic acids is 2. The van der Waals surface area contributed by atoms with Crippen LogP contribution in [0.4, 0.5) is 0 Å². The van der Waals surface area contributed by atoms with Crippen molar-refractivity contribution in [2.45, 2.75) is 52.8 Å². The number of benzene rings is 1. The number of tetrazole rings is 1. The normalized spacial score (nSPS) is 12.3. The molecule has 0 fully saturated rings. The molecule has 0 aliphatic carbocycles. The Balaban J connectivity index is 2.04. The lowest BCUT2D eigenvalue weighted by Crippen LogP contribution is -2.47. The Hall–Kier alpha value is -2.77. The Morgan fingerprint density at radius 3 is 2.12 bits per heavy atom. The van der Waals surface area contributed by atoms with Crippen LogP contribution < -0.4 is 0 Å². The van der Waals surface area contributed by atoms with Crippen molar-refractivity contribution in [3.8, 4) is 5.69 Å². The highest BCUT2D eigenvalue weighted by Gasteiger charge is 2.27. The third-order valence-electron chi connectivity index (χ3n) is 3.72. The summed E-state index contributed by atoms with van der Waals surface area (Å²) in [5.74, 6) is -0.750. The monoisotopic (exact) mass is 345 g/mol.